The van der Waals surface area contributed by atoms with Crippen molar-refractivity contribution in [1.82, 2.24) is 5.06 Å². The lowest BCUT2D eigenvalue weighted by molar-refractivity contribution is -0.204. The van der Waals surface area contributed by atoms with E-state index in [4.69, 9.17) is 21.5 Å². The molecule has 5 heteroatoms. The summed E-state index contributed by atoms with van der Waals surface area (Å²) in [5.41, 5.74) is 0.908. The zero-order valence-corrected chi connectivity index (χ0v) is 10.6. The highest BCUT2D eigenvalue weighted by Crippen LogP contribution is 2.11. The van der Waals surface area contributed by atoms with E-state index < -0.39 is 12.5 Å². The molecular weight excluding hydrogens is 242 g/mol. The van der Waals surface area contributed by atoms with Gasteiger partial charge in [-0.1, -0.05) is 23.7 Å². The number of hydroxylamine groups is 2. The third-order valence-electron chi connectivity index (χ3n) is 2.13. The highest BCUT2D eigenvalue weighted by molar-refractivity contribution is 6.30. The minimum atomic E-state index is -0.557. The van der Waals surface area contributed by atoms with Crippen molar-refractivity contribution in [2.75, 3.05) is 6.61 Å². The van der Waals surface area contributed by atoms with Crippen LogP contribution in [0.25, 0.3) is 0 Å². The number of hydrogen-bond donors (Lipinski definition) is 1. The zero-order valence-electron chi connectivity index (χ0n) is 9.89. The number of aliphatic hydroxyl groups is 1. The molecule has 1 rings (SSSR count). The topological polar surface area (TPSA) is 49.8 Å². The summed E-state index contributed by atoms with van der Waals surface area (Å²) in [5, 5.41) is 10.6. The van der Waals surface area contributed by atoms with E-state index in [0.29, 0.717) is 5.02 Å². The fourth-order valence-electron chi connectivity index (χ4n) is 1.30. The first-order valence-electron chi connectivity index (χ1n) is 5.35. The van der Waals surface area contributed by atoms with Gasteiger partial charge in [0.15, 0.2) is 0 Å². The number of halogens is 1. The summed E-state index contributed by atoms with van der Waals surface area (Å²) in [6.45, 7) is 3.34. The smallest absolute Gasteiger partial charge is 0.272 e. The van der Waals surface area contributed by atoms with Crippen LogP contribution in [0.5, 0.6) is 0 Å². The molecule has 1 aromatic carbocycles. The van der Waals surface area contributed by atoms with Gasteiger partial charge in [0.2, 0.25) is 0 Å². The molecule has 17 heavy (non-hydrogen) atoms. The molecule has 0 radical (unpaired) electrons. The average Bonchev–Trinajstić information content (AvgIpc) is 2.31. The fourth-order valence-corrected chi connectivity index (χ4v) is 1.43. The SMILES string of the molecule is CC(C)N(OCc1ccc(Cl)cc1)C(=O)CO. The van der Waals surface area contributed by atoms with E-state index in [1.807, 2.05) is 26.0 Å². The van der Waals surface area contributed by atoms with Gasteiger partial charge in [-0.05, 0) is 31.5 Å². The highest BCUT2D eigenvalue weighted by atomic mass is 35.5. The predicted octanol–water partition coefficient (Wildman–Crippen LogP) is 2.00. The Hall–Kier alpha value is -1.10. The van der Waals surface area contributed by atoms with Crippen LogP contribution in [0.15, 0.2) is 24.3 Å². The molecule has 0 bridgehead atoms. The number of nitrogens with zero attached hydrogens (tertiary/aromatic N) is 1. The fraction of sp³-hybridized carbons (Fsp3) is 0.417. The van der Waals surface area contributed by atoms with Gasteiger partial charge >= 0.3 is 0 Å². The van der Waals surface area contributed by atoms with Crippen molar-refractivity contribution in [3.8, 4) is 0 Å². The van der Waals surface area contributed by atoms with Crippen LogP contribution in [-0.4, -0.2) is 28.7 Å². The van der Waals surface area contributed by atoms with Gasteiger partial charge in [0.05, 0.1) is 6.04 Å². The molecule has 0 aliphatic rings. The lowest BCUT2D eigenvalue weighted by Crippen LogP contribution is -2.38. The molecule has 1 aromatic rings. The molecule has 1 amide bonds. The van der Waals surface area contributed by atoms with E-state index in [1.54, 1.807) is 12.1 Å². The van der Waals surface area contributed by atoms with Crippen molar-refractivity contribution < 1.29 is 14.7 Å². The van der Waals surface area contributed by atoms with Gasteiger partial charge in [-0.25, -0.2) is 5.06 Å². The Morgan fingerprint density at radius 3 is 2.47 bits per heavy atom. The van der Waals surface area contributed by atoms with Crippen LogP contribution in [0.4, 0.5) is 0 Å². The van der Waals surface area contributed by atoms with Crippen molar-refractivity contribution in [2.45, 2.75) is 26.5 Å². The largest absolute Gasteiger partial charge is 0.386 e. The Kier molecular flexibility index (Phi) is 5.41. The van der Waals surface area contributed by atoms with E-state index in [0.717, 1.165) is 5.56 Å². The summed E-state index contributed by atoms with van der Waals surface area (Å²) < 4.78 is 0. The Bertz CT molecular complexity index is 365. The highest BCUT2D eigenvalue weighted by Gasteiger charge is 2.16. The molecule has 0 aliphatic heterocycles. The van der Waals surface area contributed by atoms with Crippen LogP contribution in [-0.2, 0) is 16.2 Å². The molecule has 94 valence electrons. The first-order chi connectivity index (χ1) is 8.04. The Morgan fingerprint density at radius 1 is 1.41 bits per heavy atom. The summed E-state index contributed by atoms with van der Waals surface area (Å²) >= 11 is 5.76. The molecule has 0 unspecified atom stereocenters. The van der Waals surface area contributed by atoms with E-state index in [9.17, 15) is 4.79 Å². The molecule has 0 aromatic heterocycles. The van der Waals surface area contributed by atoms with Gasteiger partial charge in [0.25, 0.3) is 5.91 Å². The van der Waals surface area contributed by atoms with Gasteiger partial charge in [0, 0.05) is 5.02 Å². The normalized spacial score (nSPS) is 10.6. The number of hydrogen-bond acceptors (Lipinski definition) is 3. The molecule has 0 fully saturated rings. The number of carbonyl (C=O) groups excluding carboxylic acids is 1. The molecule has 0 saturated heterocycles. The Labute approximate surface area is 106 Å². The van der Waals surface area contributed by atoms with Gasteiger partial charge in [-0.2, -0.15) is 0 Å². The molecule has 0 aliphatic carbocycles. The first kappa shape index (κ1) is 14.0. The van der Waals surface area contributed by atoms with Crippen LogP contribution in [0.1, 0.15) is 19.4 Å². The monoisotopic (exact) mass is 257 g/mol. The minimum Gasteiger partial charge on any atom is -0.386 e. The quantitative estimate of drug-likeness (QED) is 0.821. The van der Waals surface area contributed by atoms with Gasteiger partial charge in [0.1, 0.15) is 13.2 Å². The number of benzene rings is 1. The third-order valence-corrected chi connectivity index (χ3v) is 2.39. The van der Waals surface area contributed by atoms with Crippen molar-refractivity contribution in [2.24, 2.45) is 0 Å². The van der Waals surface area contributed by atoms with E-state index in [2.05, 4.69) is 0 Å². The van der Waals surface area contributed by atoms with Crippen molar-refractivity contribution in [3.05, 3.63) is 34.9 Å². The molecule has 0 spiro atoms. The lowest BCUT2D eigenvalue weighted by Gasteiger charge is -2.24. The van der Waals surface area contributed by atoms with Crippen LogP contribution in [0, 0.1) is 0 Å². The van der Waals surface area contributed by atoms with E-state index >= 15 is 0 Å². The molecule has 0 atom stereocenters. The third kappa shape index (κ3) is 4.34. The molecule has 4 nitrogen and oxygen atoms in total. The molecule has 0 heterocycles. The van der Waals surface area contributed by atoms with Crippen LogP contribution < -0.4 is 0 Å². The maximum absolute atomic E-state index is 11.4. The number of rotatable bonds is 5. The second kappa shape index (κ2) is 6.59. The summed E-state index contributed by atoms with van der Waals surface area (Å²) in [7, 11) is 0. The van der Waals surface area contributed by atoms with Crippen molar-refractivity contribution in [3.63, 3.8) is 0 Å². The Morgan fingerprint density at radius 2 is 2.00 bits per heavy atom. The van der Waals surface area contributed by atoms with Gasteiger partial charge in [-0.15, -0.1) is 0 Å². The molecule has 0 saturated carbocycles. The number of amides is 1. The summed E-state index contributed by atoms with van der Waals surface area (Å²) in [5.74, 6) is -0.450. The maximum Gasteiger partial charge on any atom is 0.272 e. The zero-order chi connectivity index (χ0) is 12.8. The standard InChI is InChI=1S/C12H16ClNO3/c1-9(2)14(12(16)7-15)17-8-10-3-5-11(13)6-4-10/h3-6,9,15H,7-8H2,1-2H3. The number of carbonyl (C=O) groups is 1. The molecular formula is C12H16ClNO3. The van der Waals surface area contributed by atoms with Crippen LogP contribution >= 0.6 is 11.6 Å². The van der Waals surface area contributed by atoms with Crippen molar-refractivity contribution in [1.29, 1.82) is 0 Å². The number of aliphatic hydroxyl groups excluding tert-OH is 1. The van der Waals surface area contributed by atoms with E-state index in [1.165, 1.54) is 5.06 Å². The molecule has 1 N–H and O–H groups in total. The van der Waals surface area contributed by atoms with Crippen molar-refractivity contribution >= 4 is 17.5 Å². The Balaban J connectivity index is 2.58. The summed E-state index contributed by atoms with van der Waals surface area (Å²) in [4.78, 5) is 16.7. The summed E-state index contributed by atoms with van der Waals surface area (Å²) in [6, 6.07) is 7.04. The maximum atomic E-state index is 11.4. The lowest BCUT2D eigenvalue weighted by atomic mass is 10.2. The predicted molar refractivity (Wildman–Crippen MR) is 65.3 cm³/mol. The van der Waals surface area contributed by atoms with E-state index in [-0.39, 0.29) is 12.6 Å². The average molecular weight is 258 g/mol. The summed E-state index contributed by atoms with van der Waals surface area (Å²) in [6.07, 6.45) is 0. The second-order valence-corrected chi connectivity index (χ2v) is 4.31. The van der Waals surface area contributed by atoms with Gasteiger partial charge < -0.3 is 5.11 Å². The van der Waals surface area contributed by atoms with Crippen LogP contribution in [0.3, 0.4) is 0 Å². The second-order valence-electron chi connectivity index (χ2n) is 3.87. The first-order valence-corrected chi connectivity index (χ1v) is 5.72. The minimum absolute atomic E-state index is 0.123. The van der Waals surface area contributed by atoms with Crippen LogP contribution in [0.2, 0.25) is 5.02 Å². The van der Waals surface area contributed by atoms with Gasteiger partial charge in [-0.3, -0.25) is 9.63 Å².